The first-order valence-electron chi connectivity index (χ1n) is 9.81. The van der Waals surface area contributed by atoms with Gasteiger partial charge in [0.05, 0.1) is 28.3 Å². The third-order valence-electron chi connectivity index (χ3n) is 5.27. The maximum atomic E-state index is 13.8. The van der Waals surface area contributed by atoms with Crippen LogP contribution in [0, 0.1) is 5.82 Å². The normalized spacial score (nSPS) is 11.4. The highest BCUT2D eigenvalue weighted by Crippen LogP contribution is 2.32. The van der Waals surface area contributed by atoms with Crippen LogP contribution in [0.1, 0.15) is 0 Å². The van der Waals surface area contributed by atoms with E-state index in [4.69, 9.17) is 10.7 Å². The molecule has 0 saturated heterocycles. The molecule has 0 amide bonds. The number of nitrogens with one attached hydrogen (secondary N) is 2. The molecule has 0 aliphatic rings. The highest BCUT2D eigenvalue weighted by atomic mass is 19.1. The van der Waals surface area contributed by atoms with Crippen LogP contribution in [0.5, 0.6) is 0 Å². The molecule has 0 fully saturated rings. The van der Waals surface area contributed by atoms with Gasteiger partial charge in [-0.15, -0.1) is 0 Å². The Morgan fingerprint density at radius 2 is 1.75 bits per heavy atom. The van der Waals surface area contributed by atoms with Crippen LogP contribution >= 0.6 is 0 Å². The molecule has 0 aliphatic carbocycles. The number of imidazole rings is 1. The zero-order chi connectivity index (χ0) is 21.7. The topological polar surface area (TPSA) is 122 Å². The molecule has 0 saturated carbocycles. The molecule has 32 heavy (non-hydrogen) atoms. The van der Waals surface area contributed by atoms with Crippen molar-refractivity contribution in [2.45, 2.75) is 0 Å². The van der Waals surface area contributed by atoms with E-state index >= 15 is 0 Å². The number of pyridine rings is 3. The van der Waals surface area contributed by atoms with Crippen LogP contribution in [0.15, 0.2) is 67.4 Å². The summed E-state index contributed by atoms with van der Waals surface area (Å²) in [6, 6.07) is 10.2. The van der Waals surface area contributed by atoms with Crippen molar-refractivity contribution < 1.29 is 4.39 Å². The Bertz CT molecular complexity index is 1620. The second-order valence-electron chi connectivity index (χ2n) is 7.38. The van der Waals surface area contributed by atoms with E-state index in [0.717, 1.165) is 27.6 Å². The fraction of sp³-hybridized carbons (Fsp3) is 0. The Morgan fingerprint density at radius 3 is 2.62 bits per heavy atom. The number of H-pyrrole nitrogens is 2. The van der Waals surface area contributed by atoms with E-state index in [0.29, 0.717) is 33.9 Å². The molecule has 0 aliphatic heterocycles. The van der Waals surface area contributed by atoms with Crippen molar-refractivity contribution in [1.29, 1.82) is 0 Å². The average molecular weight is 422 g/mol. The molecule has 0 unspecified atom stereocenters. The monoisotopic (exact) mass is 422 g/mol. The summed E-state index contributed by atoms with van der Waals surface area (Å²) in [6.45, 7) is 0. The van der Waals surface area contributed by atoms with Crippen molar-refractivity contribution in [1.82, 2.24) is 35.1 Å². The summed E-state index contributed by atoms with van der Waals surface area (Å²) >= 11 is 0. The first-order valence-corrected chi connectivity index (χ1v) is 9.81. The zero-order valence-electron chi connectivity index (χ0n) is 16.5. The first kappa shape index (κ1) is 18.1. The van der Waals surface area contributed by atoms with Gasteiger partial charge < -0.3 is 10.7 Å². The van der Waals surface area contributed by atoms with Crippen LogP contribution in [0.2, 0.25) is 0 Å². The lowest BCUT2D eigenvalue weighted by atomic mass is 10.1. The molecule has 0 spiro atoms. The number of rotatable bonds is 3. The molecule has 154 valence electrons. The Kier molecular flexibility index (Phi) is 3.94. The summed E-state index contributed by atoms with van der Waals surface area (Å²) in [4.78, 5) is 21.0. The predicted molar refractivity (Wildman–Crippen MR) is 120 cm³/mol. The number of aromatic nitrogens is 7. The quantitative estimate of drug-likeness (QED) is 0.390. The van der Waals surface area contributed by atoms with Crippen LogP contribution < -0.4 is 5.73 Å². The minimum atomic E-state index is -0.315. The van der Waals surface area contributed by atoms with E-state index < -0.39 is 0 Å². The third kappa shape index (κ3) is 2.95. The number of nitrogens with two attached hydrogens (primary N) is 1. The SMILES string of the molecule is Nc1cncc(-c2cnc3n[nH]c(-c4nc5c(-c6cccc(F)c6)cncc5[nH]4)c3c2)c1. The van der Waals surface area contributed by atoms with Gasteiger partial charge in [0.2, 0.25) is 0 Å². The van der Waals surface area contributed by atoms with E-state index in [1.165, 1.54) is 12.1 Å². The van der Waals surface area contributed by atoms with Crippen LogP contribution in [0.3, 0.4) is 0 Å². The van der Waals surface area contributed by atoms with Gasteiger partial charge in [0.15, 0.2) is 11.5 Å². The van der Waals surface area contributed by atoms with Gasteiger partial charge in [0.1, 0.15) is 11.5 Å². The Hall–Kier alpha value is -4.66. The minimum absolute atomic E-state index is 0.315. The average Bonchev–Trinajstić information content (AvgIpc) is 3.42. The molecule has 0 radical (unpaired) electrons. The van der Waals surface area contributed by atoms with Gasteiger partial charge in [0, 0.05) is 41.5 Å². The highest BCUT2D eigenvalue weighted by Gasteiger charge is 2.16. The van der Waals surface area contributed by atoms with E-state index in [1.807, 2.05) is 18.2 Å². The molecule has 4 N–H and O–H groups in total. The summed E-state index contributed by atoms with van der Waals surface area (Å²) in [5, 5.41) is 8.13. The zero-order valence-corrected chi connectivity index (χ0v) is 16.5. The van der Waals surface area contributed by atoms with E-state index in [-0.39, 0.29) is 5.82 Å². The molecule has 6 rings (SSSR count). The summed E-state index contributed by atoms with van der Waals surface area (Å²) in [5.41, 5.74) is 12.3. The lowest BCUT2D eigenvalue weighted by Gasteiger charge is -2.02. The van der Waals surface area contributed by atoms with Gasteiger partial charge in [-0.1, -0.05) is 12.1 Å². The van der Waals surface area contributed by atoms with Gasteiger partial charge in [-0.25, -0.2) is 14.4 Å². The molecule has 0 atom stereocenters. The molecule has 8 nitrogen and oxygen atoms in total. The summed E-state index contributed by atoms with van der Waals surface area (Å²) in [6.07, 6.45) is 8.43. The number of halogens is 1. The number of benzene rings is 1. The van der Waals surface area contributed by atoms with Gasteiger partial charge in [-0.2, -0.15) is 5.10 Å². The lowest BCUT2D eigenvalue weighted by molar-refractivity contribution is 0.628. The molecule has 0 bridgehead atoms. The Morgan fingerprint density at radius 1 is 0.875 bits per heavy atom. The number of fused-ring (bicyclic) bond motifs is 2. The van der Waals surface area contributed by atoms with Gasteiger partial charge in [0.25, 0.3) is 0 Å². The smallest absolute Gasteiger partial charge is 0.181 e. The van der Waals surface area contributed by atoms with Crippen molar-refractivity contribution in [2.75, 3.05) is 5.73 Å². The maximum Gasteiger partial charge on any atom is 0.181 e. The van der Waals surface area contributed by atoms with Crippen LogP contribution in [-0.2, 0) is 0 Å². The predicted octanol–water partition coefficient (Wildman–Crippen LogP) is 4.35. The molecule has 1 aromatic carbocycles. The van der Waals surface area contributed by atoms with Crippen molar-refractivity contribution in [3.63, 3.8) is 0 Å². The number of nitrogen functional groups attached to an aromatic ring is 1. The van der Waals surface area contributed by atoms with Crippen LogP contribution in [-0.4, -0.2) is 35.1 Å². The maximum absolute atomic E-state index is 13.8. The van der Waals surface area contributed by atoms with Crippen molar-refractivity contribution in [3.8, 4) is 33.8 Å². The van der Waals surface area contributed by atoms with E-state index in [9.17, 15) is 4.39 Å². The highest BCUT2D eigenvalue weighted by molar-refractivity contribution is 5.96. The number of hydrogen-bond acceptors (Lipinski definition) is 6. The second kappa shape index (κ2) is 6.95. The fourth-order valence-electron chi connectivity index (χ4n) is 3.77. The third-order valence-corrected chi connectivity index (χ3v) is 5.27. The molecular formula is C23H15FN8. The number of hydrogen-bond donors (Lipinski definition) is 3. The van der Waals surface area contributed by atoms with Gasteiger partial charge in [-0.05, 0) is 29.8 Å². The summed E-state index contributed by atoms with van der Waals surface area (Å²) in [5.74, 6) is 0.266. The van der Waals surface area contributed by atoms with Crippen molar-refractivity contribution in [2.24, 2.45) is 0 Å². The number of anilines is 1. The lowest BCUT2D eigenvalue weighted by Crippen LogP contribution is -1.89. The van der Waals surface area contributed by atoms with E-state index in [2.05, 4.69) is 30.1 Å². The molecule has 9 heteroatoms. The Labute approximate surface area is 180 Å². The van der Waals surface area contributed by atoms with E-state index in [1.54, 1.807) is 37.1 Å². The summed E-state index contributed by atoms with van der Waals surface area (Å²) in [7, 11) is 0. The van der Waals surface area contributed by atoms with Crippen molar-refractivity contribution >= 4 is 27.8 Å². The molecule has 5 heterocycles. The minimum Gasteiger partial charge on any atom is -0.397 e. The molecular weight excluding hydrogens is 407 g/mol. The fourth-order valence-corrected chi connectivity index (χ4v) is 3.77. The largest absolute Gasteiger partial charge is 0.397 e. The summed E-state index contributed by atoms with van der Waals surface area (Å²) < 4.78 is 13.8. The molecule has 5 aromatic heterocycles. The number of aromatic amines is 2. The Balaban J connectivity index is 1.51. The van der Waals surface area contributed by atoms with Crippen LogP contribution in [0.25, 0.3) is 55.8 Å². The van der Waals surface area contributed by atoms with Crippen molar-refractivity contribution in [3.05, 3.63) is 73.2 Å². The van der Waals surface area contributed by atoms with Crippen LogP contribution in [0.4, 0.5) is 10.1 Å². The molecule has 6 aromatic rings. The number of nitrogens with zero attached hydrogens (tertiary/aromatic N) is 5. The first-order chi connectivity index (χ1) is 15.7. The van der Waals surface area contributed by atoms with Gasteiger partial charge in [-0.3, -0.25) is 15.1 Å². The standard InChI is InChI=1S/C23H15FN8/c24-15-3-1-2-12(4-15)18-10-27-11-19-20(18)30-23(29-19)21-17-6-14(8-28-22(17)32-31-21)13-5-16(25)9-26-7-13/h1-11H,25H2,(H,29,30)(H,28,31,32). The van der Waals surface area contributed by atoms with Gasteiger partial charge >= 0.3 is 0 Å². The second-order valence-corrected chi connectivity index (χ2v) is 7.38.